The van der Waals surface area contributed by atoms with Gasteiger partial charge in [-0.1, -0.05) is 6.92 Å². The van der Waals surface area contributed by atoms with Crippen LogP contribution in [-0.2, 0) is 11.2 Å². The van der Waals surface area contributed by atoms with E-state index in [1.54, 1.807) is 29.5 Å². The molecule has 0 unspecified atom stereocenters. The summed E-state index contributed by atoms with van der Waals surface area (Å²) in [4.78, 5) is 42.4. The zero-order chi connectivity index (χ0) is 22.7. The first-order chi connectivity index (χ1) is 15.6. The minimum Gasteiger partial charge on any atom is -0.493 e. The highest BCUT2D eigenvalue weighted by molar-refractivity contribution is 7.10. The van der Waals surface area contributed by atoms with Crippen LogP contribution < -0.4 is 10.1 Å². The number of methoxy groups -OCH3 is 1. The lowest BCUT2D eigenvalue weighted by Gasteiger charge is -2.15. The highest BCUT2D eigenvalue weighted by Gasteiger charge is 2.24. The number of esters is 1. The smallest absolute Gasteiger partial charge is 0.357 e. The molecule has 0 radical (unpaired) electrons. The molecule has 164 valence electrons. The van der Waals surface area contributed by atoms with Crippen LogP contribution in [0.15, 0.2) is 35.7 Å². The van der Waals surface area contributed by atoms with E-state index >= 15 is 0 Å². The number of aromatic nitrogens is 1. The Kier molecular flexibility index (Phi) is 6.32. The third-order valence-electron chi connectivity index (χ3n) is 5.23. The molecule has 0 atom stereocenters. The van der Waals surface area contributed by atoms with Crippen LogP contribution >= 0.6 is 11.3 Å². The average molecular weight is 451 g/mol. The normalized spacial score (nSPS) is 12.1. The predicted molar refractivity (Wildman–Crippen MR) is 122 cm³/mol. The zero-order valence-corrected chi connectivity index (χ0v) is 18.6. The van der Waals surface area contributed by atoms with Crippen LogP contribution in [0.4, 0.5) is 0 Å². The van der Waals surface area contributed by atoms with Crippen molar-refractivity contribution in [3.8, 4) is 28.0 Å². The van der Waals surface area contributed by atoms with Gasteiger partial charge in [-0.05, 0) is 53.3 Å². The van der Waals surface area contributed by atoms with E-state index in [0.29, 0.717) is 35.6 Å². The van der Waals surface area contributed by atoms with E-state index in [1.807, 2.05) is 18.4 Å². The number of rotatable bonds is 6. The number of benzene rings is 1. The second-order valence-electron chi connectivity index (χ2n) is 7.25. The van der Waals surface area contributed by atoms with Gasteiger partial charge in [0, 0.05) is 34.5 Å². The van der Waals surface area contributed by atoms with Crippen LogP contribution in [0.2, 0.25) is 0 Å². The van der Waals surface area contributed by atoms with Crippen LogP contribution in [0.5, 0.6) is 5.75 Å². The fourth-order valence-corrected chi connectivity index (χ4v) is 4.54. The highest BCUT2D eigenvalue weighted by Crippen LogP contribution is 2.42. The summed E-state index contributed by atoms with van der Waals surface area (Å²) in [6, 6.07) is 8.70. The summed E-state index contributed by atoms with van der Waals surface area (Å²) in [5.41, 5.74) is 3.23. The van der Waals surface area contributed by atoms with Gasteiger partial charge in [-0.3, -0.25) is 9.59 Å². The molecular formula is C24H22N2O5S. The summed E-state index contributed by atoms with van der Waals surface area (Å²) in [6.07, 6.45) is 2.30. The van der Waals surface area contributed by atoms with Gasteiger partial charge in [-0.2, -0.15) is 0 Å². The quantitative estimate of drug-likeness (QED) is 0.448. The van der Waals surface area contributed by atoms with Crippen molar-refractivity contribution in [2.75, 3.05) is 20.3 Å². The van der Waals surface area contributed by atoms with Crippen LogP contribution in [0.25, 0.3) is 22.3 Å². The topological polar surface area (TPSA) is 94.6 Å². The van der Waals surface area contributed by atoms with Crippen molar-refractivity contribution >= 4 is 29.5 Å². The predicted octanol–water partition coefficient (Wildman–Crippen LogP) is 4.15. The molecule has 0 fully saturated rings. The van der Waals surface area contributed by atoms with E-state index < -0.39 is 5.97 Å². The lowest BCUT2D eigenvalue weighted by atomic mass is 9.93. The van der Waals surface area contributed by atoms with Gasteiger partial charge in [0.2, 0.25) is 0 Å². The molecule has 32 heavy (non-hydrogen) atoms. The van der Waals surface area contributed by atoms with Gasteiger partial charge in [-0.25, -0.2) is 9.78 Å². The van der Waals surface area contributed by atoms with Gasteiger partial charge in [-0.15, -0.1) is 11.3 Å². The number of nitrogens with one attached hydrogen (secondary N) is 1. The first-order valence-corrected chi connectivity index (χ1v) is 11.2. The Morgan fingerprint density at radius 3 is 2.78 bits per heavy atom. The van der Waals surface area contributed by atoms with Crippen molar-refractivity contribution < 1.29 is 23.9 Å². The molecule has 1 aliphatic rings. The summed E-state index contributed by atoms with van der Waals surface area (Å²) >= 11 is 1.66. The monoisotopic (exact) mass is 450 g/mol. The molecule has 1 aliphatic heterocycles. The minimum absolute atomic E-state index is 0.0375. The van der Waals surface area contributed by atoms with Crippen LogP contribution in [-0.4, -0.2) is 43.4 Å². The molecule has 8 heteroatoms. The van der Waals surface area contributed by atoms with Crippen molar-refractivity contribution in [1.29, 1.82) is 0 Å². The average Bonchev–Trinajstić information content (AvgIpc) is 3.22. The zero-order valence-electron chi connectivity index (χ0n) is 17.8. The number of fused-ring (bicyclic) bond motifs is 3. The standard InChI is InChI=1S/C24H22N2O5S/c1-3-8-25-23(28)19-5-4-16(22(26-19)24(29)30-2)17-12-20-18(11-14(17)13-27)15-7-10-32-21(15)6-9-31-20/h4-5,7,10-13H,3,6,8-9H2,1-2H3,(H,25,28). The second kappa shape index (κ2) is 9.32. The van der Waals surface area contributed by atoms with Gasteiger partial charge in [0.1, 0.15) is 11.4 Å². The first-order valence-electron chi connectivity index (χ1n) is 10.3. The maximum atomic E-state index is 12.5. The third-order valence-corrected chi connectivity index (χ3v) is 6.21. The first kappa shape index (κ1) is 21.7. The summed E-state index contributed by atoms with van der Waals surface area (Å²) in [5.74, 6) is -0.448. The molecular weight excluding hydrogens is 428 g/mol. The second-order valence-corrected chi connectivity index (χ2v) is 8.25. The van der Waals surface area contributed by atoms with Crippen molar-refractivity contribution in [3.63, 3.8) is 0 Å². The van der Waals surface area contributed by atoms with Gasteiger partial charge in [0.05, 0.1) is 13.7 Å². The lowest BCUT2D eigenvalue weighted by molar-refractivity contribution is 0.0594. The fourth-order valence-electron chi connectivity index (χ4n) is 3.67. The van der Waals surface area contributed by atoms with Crippen LogP contribution in [0.1, 0.15) is 49.6 Å². The maximum absolute atomic E-state index is 12.5. The number of hydrogen-bond acceptors (Lipinski definition) is 7. The molecule has 4 rings (SSSR count). The molecule has 0 bridgehead atoms. The van der Waals surface area contributed by atoms with Crippen molar-refractivity contribution in [3.05, 3.63) is 57.5 Å². The van der Waals surface area contributed by atoms with Crippen molar-refractivity contribution in [2.45, 2.75) is 19.8 Å². The number of ether oxygens (including phenoxy) is 2. The molecule has 7 nitrogen and oxygen atoms in total. The SMILES string of the molecule is CCCNC(=O)c1ccc(-c2cc3c(cc2C=O)-c2ccsc2CCO3)c(C(=O)OC)n1. The number of nitrogens with zero attached hydrogens (tertiary/aromatic N) is 1. The number of amides is 1. The molecule has 0 aliphatic carbocycles. The Morgan fingerprint density at radius 2 is 2.03 bits per heavy atom. The van der Waals surface area contributed by atoms with Gasteiger partial charge < -0.3 is 14.8 Å². The maximum Gasteiger partial charge on any atom is 0.357 e. The molecule has 0 saturated heterocycles. The van der Waals surface area contributed by atoms with Crippen LogP contribution in [0, 0.1) is 0 Å². The molecule has 3 aromatic rings. The molecule has 1 N–H and O–H groups in total. The van der Waals surface area contributed by atoms with Crippen molar-refractivity contribution in [2.24, 2.45) is 0 Å². The Hall–Kier alpha value is -3.52. The minimum atomic E-state index is -0.696. The summed E-state index contributed by atoms with van der Waals surface area (Å²) < 4.78 is 10.9. The van der Waals surface area contributed by atoms with Gasteiger partial charge >= 0.3 is 5.97 Å². The third kappa shape index (κ3) is 4.01. The number of carbonyl (C=O) groups excluding carboxylic acids is 3. The molecule has 0 spiro atoms. The summed E-state index contributed by atoms with van der Waals surface area (Å²) in [7, 11) is 1.25. The van der Waals surface area contributed by atoms with Crippen molar-refractivity contribution in [1.82, 2.24) is 10.3 Å². The van der Waals surface area contributed by atoms with E-state index in [0.717, 1.165) is 30.3 Å². The summed E-state index contributed by atoms with van der Waals surface area (Å²) in [6.45, 7) is 2.95. The molecule has 3 heterocycles. The van der Waals surface area contributed by atoms with E-state index in [4.69, 9.17) is 9.47 Å². The Morgan fingerprint density at radius 1 is 1.19 bits per heavy atom. The van der Waals surface area contributed by atoms with Gasteiger partial charge in [0.15, 0.2) is 12.0 Å². The molecule has 0 saturated carbocycles. The van der Waals surface area contributed by atoms with E-state index in [-0.39, 0.29) is 17.3 Å². The van der Waals surface area contributed by atoms with Gasteiger partial charge in [0.25, 0.3) is 5.91 Å². The number of thiophene rings is 1. The Labute approximate surface area is 189 Å². The van der Waals surface area contributed by atoms with E-state index in [2.05, 4.69) is 10.3 Å². The fraction of sp³-hybridized carbons (Fsp3) is 0.250. The number of hydrogen-bond donors (Lipinski definition) is 1. The van der Waals surface area contributed by atoms with E-state index in [1.165, 1.54) is 18.1 Å². The Balaban J connectivity index is 1.86. The number of aldehydes is 1. The number of carbonyl (C=O) groups is 3. The van der Waals surface area contributed by atoms with E-state index in [9.17, 15) is 14.4 Å². The molecule has 1 aromatic carbocycles. The highest BCUT2D eigenvalue weighted by atomic mass is 32.1. The van der Waals surface area contributed by atoms with Crippen LogP contribution in [0.3, 0.4) is 0 Å². The Bertz CT molecular complexity index is 1200. The lowest BCUT2D eigenvalue weighted by Crippen LogP contribution is -2.25. The summed E-state index contributed by atoms with van der Waals surface area (Å²) in [5, 5.41) is 4.76. The molecule has 2 aromatic heterocycles. The largest absolute Gasteiger partial charge is 0.493 e. The number of pyridine rings is 1. The molecule has 1 amide bonds.